The molecule has 1 amide bonds. The van der Waals surface area contributed by atoms with Gasteiger partial charge in [0.05, 0.1) is 19.3 Å². The van der Waals surface area contributed by atoms with Crippen molar-refractivity contribution in [1.82, 2.24) is 5.32 Å². The SMILES string of the molecule is CC[C@@H](NC(=O)/C=C/c1ccccc1F)c1ccc2c(c1)OCCCO2. The van der Waals surface area contributed by atoms with Crippen molar-refractivity contribution in [3.8, 4) is 11.5 Å². The Kier molecular flexibility index (Phi) is 5.89. The van der Waals surface area contributed by atoms with E-state index >= 15 is 0 Å². The Bertz CT molecular complexity index is 804. The van der Waals surface area contributed by atoms with E-state index < -0.39 is 0 Å². The largest absolute Gasteiger partial charge is 0.490 e. The fourth-order valence-electron chi connectivity index (χ4n) is 2.81. The number of carbonyl (C=O) groups excluding carboxylic acids is 1. The highest BCUT2D eigenvalue weighted by Gasteiger charge is 2.16. The van der Waals surface area contributed by atoms with Crippen molar-refractivity contribution in [2.24, 2.45) is 0 Å². The summed E-state index contributed by atoms with van der Waals surface area (Å²) in [6.07, 6.45) is 4.40. The van der Waals surface area contributed by atoms with Gasteiger partial charge in [0.25, 0.3) is 0 Å². The van der Waals surface area contributed by atoms with Crippen LogP contribution in [0.3, 0.4) is 0 Å². The summed E-state index contributed by atoms with van der Waals surface area (Å²) in [4.78, 5) is 12.2. The topological polar surface area (TPSA) is 47.6 Å². The number of amides is 1. The predicted octanol–water partition coefficient (Wildman–Crippen LogP) is 4.27. The Labute approximate surface area is 152 Å². The number of hydrogen-bond acceptors (Lipinski definition) is 3. The third-order valence-electron chi connectivity index (χ3n) is 4.22. The Balaban J connectivity index is 1.70. The number of nitrogens with one attached hydrogen (secondary N) is 1. The number of fused-ring (bicyclic) bond motifs is 1. The highest BCUT2D eigenvalue weighted by Crippen LogP contribution is 2.33. The van der Waals surface area contributed by atoms with E-state index in [4.69, 9.17) is 9.47 Å². The van der Waals surface area contributed by atoms with Crippen molar-refractivity contribution in [3.05, 3.63) is 65.5 Å². The Morgan fingerprint density at radius 3 is 2.73 bits per heavy atom. The van der Waals surface area contributed by atoms with Gasteiger partial charge in [0, 0.05) is 18.1 Å². The molecule has 1 atom stereocenters. The molecule has 0 aliphatic carbocycles. The number of hydrogen-bond donors (Lipinski definition) is 1. The summed E-state index contributed by atoms with van der Waals surface area (Å²) in [5.41, 5.74) is 1.33. The smallest absolute Gasteiger partial charge is 0.244 e. The second kappa shape index (κ2) is 8.52. The maximum atomic E-state index is 13.6. The van der Waals surface area contributed by atoms with Crippen LogP contribution in [-0.4, -0.2) is 19.1 Å². The highest BCUT2D eigenvalue weighted by atomic mass is 19.1. The van der Waals surface area contributed by atoms with Gasteiger partial charge in [-0.15, -0.1) is 0 Å². The third-order valence-corrected chi connectivity index (χ3v) is 4.22. The molecule has 0 spiro atoms. The lowest BCUT2D eigenvalue weighted by molar-refractivity contribution is -0.117. The molecule has 0 unspecified atom stereocenters. The van der Waals surface area contributed by atoms with Crippen molar-refractivity contribution in [3.63, 3.8) is 0 Å². The summed E-state index contributed by atoms with van der Waals surface area (Å²) in [5, 5.41) is 2.95. The van der Waals surface area contributed by atoms with Crippen LogP contribution in [0.2, 0.25) is 0 Å². The molecule has 2 aromatic carbocycles. The van der Waals surface area contributed by atoms with E-state index in [0.29, 0.717) is 24.5 Å². The minimum absolute atomic E-state index is 0.162. The average molecular weight is 355 g/mol. The fourth-order valence-corrected chi connectivity index (χ4v) is 2.81. The molecule has 1 heterocycles. The first kappa shape index (κ1) is 18.0. The number of ether oxygens (including phenoxy) is 2. The van der Waals surface area contributed by atoms with E-state index in [2.05, 4.69) is 5.32 Å². The predicted molar refractivity (Wildman–Crippen MR) is 98.7 cm³/mol. The second-order valence-corrected chi connectivity index (χ2v) is 6.08. The van der Waals surface area contributed by atoms with Gasteiger partial charge in [-0.05, 0) is 36.3 Å². The molecule has 26 heavy (non-hydrogen) atoms. The molecule has 0 saturated heterocycles. The lowest BCUT2D eigenvalue weighted by atomic mass is 10.0. The van der Waals surface area contributed by atoms with Gasteiger partial charge >= 0.3 is 0 Å². The van der Waals surface area contributed by atoms with Crippen LogP contribution in [0.4, 0.5) is 4.39 Å². The summed E-state index contributed by atoms with van der Waals surface area (Å²) < 4.78 is 25.0. The second-order valence-electron chi connectivity index (χ2n) is 6.08. The van der Waals surface area contributed by atoms with E-state index in [1.165, 1.54) is 18.2 Å². The van der Waals surface area contributed by atoms with Crippen molar-refractivity contribution in [1.29, 1.82) is 0 Å². The zero-order valence-electron chi connectivity index (χ0n) is 14.7. The molecule has 1 aliphatic rings. The minimum Gasteiger partial charge on any atom is -0.490 e. The van der Waals surface area contributed by atoms with E-state index in [1.807, 2.05) is 25.1 Å². The van der Waals surface area contributed by atoms with Gasteiger partial charge in [-0.2, -0.15) is 0 Å². The maximum absolute atomic E-state index is 13.6. The lowest BCUT2D eigenvalue weighted by Crippen LogP contribution is -2.26. The molecule has 0 radical (unpaired) electrons. The fraction of sp³-hybridized carbons (Fsp3) is 0.286. The molecule has 0 saturated carbocycles. The van der Waals surface area contributed by atoms with E-state index in [9.17, 15) is 9.18 Å². The summed E-state index contributed by atoms with van der Waals surface area (Å²) in [5.74, 6) is 0.806. The van der Waals surface area contributed by atoms with Crippen LogP contribution < -0.4 is 14.8 Å². The zero-order chi connectivity index (χ0) is 18.4. The van der Waals surface area contributed by atoms with Crippen LogP contribution in [-0.2, 0) is 4.79 Å². The van der Waals surface area contributed by atoms with E-state index in [0.717, 1.165) is 24.2 Å². The summed E-state index contributed by atoms with van der Waals surface area (Å²) >= 11 is 0. The standard InChI is InChI=1S/C21H22FNO3/c1-2-18(16-8-10-19-20(14-16)26-13-5-12-25-19)23-21(24)11-9-15-6-3-4-7-17(15)22/h3-4,6-11,14,18H,2,5,12-13H2,1H3,(H,23,24)/b11-9+/t18-/m1/s1. The Morgan fingerprint density at radius 1 is 1.19 bits per heavy atom. The van der Waals surface area contributed by atoms with Gasteiger partial charge in [-0.1, -0.05) is 31.2 Å². The summed E-state index contributed by atoms with van der Waals surface area (Å²) in [6.45, 7) is 3.25. The Morgan fingerprint density at radius 2 is 1.96 bits per heavy atom. The molecule has 1 aliphatic heterocycles. The monoisotopic (exact) mass is 355 g/mol. The van der Waals surface area contributed by atoms with Gasteiger partial charge in [-0.3, -0.25) is 4.79 Å². The van der Waals surface area contributed by atoms with Crippen molar-refractivity contribution < 1.29 is 18.7 Å². The van der Waals surface area contributed by atoms with Gasteiger partial charge in [0.1, 0.15) is 5.82 Å². The lowest BCUT2D eigenvalue weighted by Gasteiger charge is -2.18. The maximum Gasteiger partial charge on any atom is 0.244 e. The molecular weight excluding hydrogens is 333 g/mol. The normalized spacial score (nSPS) is 14.7. The molecule has 1 N–H and O–H groups in total. The van der Waals surface area contributed by atoms with Gasteiger partial charge in [0.2, 0.25) is 5.91 Å². The average Bonchev–Trinajstić information content (AvgIpc) is 2.90. The molecule has 0 fully saturated rings. The molecular formula is C21H22FNO3. The van der Waals surface area contributed by atoms with Gasteiger partial charge in [0.15, 0.2) is 11.5 Å². The van der Waals surface area contributed by atoms with Crippen molar-refractivity contribution in [2.75, 3.05) is 13.2 Å². The van der Waals surface area contributed by atoms with E-state index in [-0.39, 0.29) is 17.8 Å². The number of rotatable bonds is 5. The first-order valence-electron chi connectivity index (χ1n) is 8.80. The molecule has 5 heteroatoms. The number of carbonyl (C=O) groups is 1. The summed E-state index contributed by atoms with van der Waals surface area (Å²) in [6, 6.07) is 11.9. The highest BCUT2D eigenvalue weighted by molar-refractivity contribution is 5.92. The van der Waals surface area contributed by atoms with Crippen LogP contribution >= 0.6 is 0 Å². The van der Waals surface area contributed by atoms with Crippen LogP contribution in [0, 0.1) is 5.82 Å². The van der Waals surface area contributed by atoms with Crippen molar-refractivity contribution >= 4 is 12.0 Å². The van der Waals surface area contributed by atoms with Crippen LogP contribution in [0.1, 0.15) is 36.9 Å². The van der Waals surface area contributed by atoms with Crippen LogP contribution in [0.25, 0.3) is 6.08 Å². The molecule has 0 bridgehead atoms. The number of halogens is 1. The third kappa shape index (κ3) is 4.42. The zero-order valence-corrected chi connectivity index (χ0v) is 14.7. The van der Waals surface area contributed by atoms with Crippen LogP contribution in [0.5, 0.6) is 11.5 Å². The molecule has 0 aromatic heterocycles. The van der Waals surface area contributed by atoms with Crippen LogP contribution in [0.15, 0.2) is 48.5 Å². The van der Waals surface area contributed by atoms with Gasteiger partial charge < -0.3 is 14.8 Å². The molecule has 2 aromatic rings. The molecule has 3 rings (SSSR count). The summed E-state index contributed by atoms with van der Waals surface area (Å²) in [7, 11) is 0. The van der Waals surface area contributed by atoms with Gasteiger partial charge in [-0.25, -0.2) is 4.39 Å². The quantitative estimate of drug-likeness (QED) is 0.815. The van der Waals surface area contributed by atoms with Crippen molar-refractivity contribution in [2.45, 2.75) is 25.8 Å². The molecule has 136 valence electrons. The number of benzene rings is 2. The minimum atomic E-state index is -0.355. The first-order valence-corrected chi connectivity index (χ1v) is 8.80. The first-order chi connectivity index (χ1) is 12.7. The van der Waals surface area contributed by atoms with E-state index in [1.54, 1.807) is 18.2 Å². The molecule has 4 nitrogen and oxygen atoms in total. The Hall–Kier alpha value is -2.82.